The molecule has 0 bridgehead atoms. The minimum absolute atomic E-state index is 0.150. The first-order chi connectivity index (χ1) is 9.54. The van der Waals surface area contributed by atoms with Gasteiger partial charge in [0.05, 0.1) is 11.7 Å². The molecule has 0 amide bonds. The van der Waals surface area contributed by atoms with Crippen molar-refractivity contribution in [2.45, 2.75) is 20.0 Å². The number of ether oxygens (including phenoxy) is 1. The third-order valence-electron chi connectivity index (χ3n) is 2.65. The van der Waals surface area contributed by atoms with E-state index in [4.69, 9.17) is 9.84 Å². The first-order valence-electron chi connectivity index (χ1n) is 6.41. The standard InChI is InChI=1S/C16H17NO3/c1-11(2)20-15-9-7-14(8-10-15)17-13-5-3-12(4-6-13)16(18)19/h3-11,17H,1-2H3,(H,18,19). The van der Waals surface area contributed by atoms with Gasteiger partial charge in [-0.25, -0.2) is 4.79 Å². The molecule has 0 fully saturated rings. The molecular formula is C16H17NO3. The molecule has 2 aromatic carbocycles. The maximum Gasteiger partial charge on any atom is 0.335 e. The largest absolute Gasteiger partial charge is 0.491 e. The first kappa shape index (κ1) is 13.9. The summed E-state index contributed by atoms with van der Waals surface area (Å²) in [5, 5.41) is 12.0. The van der Waals surface area contributed by atoms with E-state index in [1.165, 1.54) is 0 Å². The Bertz CT molecular complexity index is 574. The number of benzene rings is 2. The Kier molecular flexibility index (Phi) is 4.25. The van der Waals surface area contributed by atoms with E-state index in [9.17, 15) is 4.79 Å². The van der Waals surface area contributed by atoms with Gasteiger partial charge in [-0.3, -0.25) is 0 Å². The zero-order valence-corrected chi connectivity index (χ0v) is 11.5. The molecule has 0 spiro atoms. The van der Waals surface area contributed by atoms with E-state index in [2.05, 4.69) is 5.32 Å². The molecule has 104 valence electrons. The average molecular weight is 271 g/mol. The number of nitrogens with one attached hydrogen (secondary N) is 1. The molecule has 0 saturated carbocycles. The molecule has 0 saturated heterocycles. The van der Waals surface area contributed by atoms with Crippen LogP contribution in [0.1, 0.15) is 24.2 Å². The van der Waals surface area contributed by atoms with Gasteiger partial charge in [0, 0.05) is 11.4 Å². The highest BCUT2D eigenvalue weighted by molar-refractivity contribution is 5.88. The van der Waals surface area contributed by atoms with Crippen molar-refractivity contribution in [2.75, 3.05) is 5.32 Å². The summed E-state index contributed by atoms with van der Waals surface area (Å²) in [7, 11) is 0. The summed E-state index contributed by atoms with van der Waals surface area (Å²) < 4.78 is 5.57. The third-order valence-corrected chi connectivity index (χ3v) is 2.65. The van der Waals surface area contributed by atoms with Gasteiger partial charge < -0.3 is 15.2 Å². The minimum atomic E-state index is -0.924. The van der Waals surface area contributed by atoms with Gasteiger partial charge in [-0.2, -0.15) is 0 Å². The molecule has 20 heavy (non-hydrogen) atoms. The Morgan fingerprint density at radius 3 is 1.95 bits per heavy atom. The van der Waals surface area contributed by atoms with Crippen molar-refractivity contribution in [2.24, 2.45) is 0 Å². The fraction of sp³-hybridized carbons (Fsp3) is 0.188. The number of hydrogen-bond donors (Lipinski definition) is 2. The van der Waals surface area contributed by atoms with E-state index in [0.717, 1.165) is 17.1 Å². The molecule has 0 radical (unpaired) electrons. The molecule has 4 heteroatoms. The second kappa shape index (κ2) is 6.10. The number of hydrogen-bond acceptors (Lipinski definition) is 3. The third kappa shape index (κ3) is 3.75. The summed E-state index contributed by atoms with van der Waals surface area (Å²) in [6, 6.07) is 14.2. The Morgan fingerprint density at radius 1 is 1.00 bits per heavy atom. The Hall–Kier alpha value is -2.49. The van der Waals surface area contributed by atoms with Crippen molar-refractivity contribution in [3.05, 3.63) is 54.1 Å². The maximum absolute atomic E-state index is 10.8. The first-order valence-corrected chi connectivity index (χ1v) is 6.41. The molecule has 0 aromatic heterocycles. The van der Waals surface area contributed by atoms with E-state index >= 15 is 0 Å². The number of carboxylic acid groups (broad SMARTS) is 1. The molecule has 0 aliphatic carbocycles. The zero-order valence-electron chi connectivity index (χ0n) is 11.5. The van der Waals surface area contributed by atoms with Crippen LogP contribution in [0.25, 0.3) is 0 Å². The van der Waals surface area contributed by atoms with Gasteiger partial charge in [-0.1, -0.05) is 0 Å². The highest BCUT2D eigenvalue weighted by Crippen LogP contribution is 2.21. The van der Waals surface area contributed by atoms with Crippen LogP contribution in [0.4, 0.5) is 11.4 Å². The number of carbonyl (C=O) groups is 1. The highest BCUT2D eigenvalue weighted by atomic mass is 16.5. The number of rotatable bonds is 5. The topological polar surface area (TPSA) is 58.6 Å². The van der Waals surface area contributed by atoms with Crippen LogP contribution in [0.2, 0.25) is 0 Å². The average Bonchev–Trinajstić information content (AvgIpc) is 2.41. The Morgan fingerprint density at radius 2 is 1.50 bits per heavy atom. The summed E-state index contributed by atoms with van der Waals surface area (Å²) in [5.74, 6) is -0.0986. The van der Waals surface area contributed by atoms with Crippen LogP contribution >= 0.6 is 0 Å². The molecule has 0 atom stereocenters. The summed E-state index contributed by atoms with van der Waals surface area (Å²) in [6.45, 7) is 3.96. The van der Waals surface area contributed by atoms with E-state index in [1.54, 1.807) is 24.3 Å². The van der Waals surface area contributed by atoms with Crippen LogP contribution in [0.5, 0.6) is 5.75 Å². The van der Waals surface area contributed by atoms with E-state index in [-0.39, 0.29) is 11.7 Å². The summed E-state index contributed by atoms with van der Waals surface area (Å²) in [5.41, 5.74) is 2.04. The molecule has 2 N–H and O–H groups in total. The van der Waals surface area contributed by atoms with E-state index in [1.807, 2.05) is 38.1 Å². The molecule has 0 heterocycles. The van der Waals surface area contributed by atoms with Crippen molar-refractivity contribution in [3.8, 4) is 5.75 Å². The summed E-state index contributed by atoms with van der Waals surface area (Å²) in [4.78, 5) is 10.8. The van der Waals surface area contributed by atoms with Crippen molar-refractivity contribution in [1.82, 2.24) is 0 Å². The lowest BCUT2D eigenvalue weighted by Crippen LogP contribution is -2.05. The van der Waals surface area contributed by atoms with Gasteiger partial charge in [0.2, 0.25) is 0 Å². The van der Waals surface area contributed by atoms with Gasteiger partial charge in [0.15, 0.2) is 0 Å². The molecule has 4 nitrogen and oxygen atoms in total. The number of aromatic carboxylic acids is 1. The minimum Gasteiger partial charge on any atom is -0.491 e. The predicted molar refractivity (Wildman–Crippen MR) is 78.9 cm³/mol. The SMILES string of the molecule is CC(C)Oc1ccc(Nc2ccc(C(=O)O)cc2)cc1. The quantitative estimate of drug-likeness (QED) is 0.865. The molecule has 0 unspecified atom stereocenters. The Balaban J connectivity index is 2.04. The van der Waals surface area contributed by atoms with Crippen molar-refractivity contribution >= 4 is 17.3 Å². The van der Waals surface area contributed by atoms with E-state index in [0.29, 0.717) is 0 Å². The maximum atomic E-state index is 10.8. The number of anilines is 2. The smallest absolute Gasteiger partial charge is 0.335 e. The molecule has 0 aliphatic heterocycles. The van der Waals surface area contributed by atoms with Crippen LogP contribution in [0.3, 0.4) is 0 Å². The van der Waals surface area contributed by atoms with Crippen LogP contribution in [0, 0.1) is 0 Å². The Labute approximate surface area is 118 Å². The van der Waals surface area contributed by atoms with E-state index < -0.39 is 5.97 Å². The fourth-order valence-electron chi connectivity index (χ4n) is 1.75. The normalized spacial score (nSPS) is 10.3. The molecular weight excluding hydrogens is 254 g/mol. The van der Waals surface area contributed by atoms with Gasteiger partial charge in [-0.05, 0) is 62.4 Å². The lowest BCUT2D eigenvalue weighted by atomic mass is 10.2. The zero-order chi connectivity index (χ0) is 14.5. The summed E-state index contributed by atoms with van der Waals surface area (Å²) in [6.07, 6.45) is 0.150. The van der Waals surface area contributed by atoms with Crippen molar-refractivity contribution < 1.29 is 14.6 Å². The van der Waals surface area contributed by atoms with Crippen molar-refractivity contribution in [3.63, 3.8) is 0 Å². The predicted octanol–water partition coefficient (Wildman–Crippen LogP) is 3.92. The molecule has 0 aliphatic rings. The van der Waals surface area contributed by atoms with Crippen LogP contribution in [-0.2, 0) is 0 Å². The van der Waals surface area contributed by atoms with Crippen LogP contribution in [0.15, 0.2) is 48.5 Å². The lowest BCUT2D eigenvalue weighted by molar-refractivity contribution is 0.0697. The van der Waals surface area contributed by atoms with Gasteiger partial charge in [-0.15, -0.1) is 0 Å². The summed E-state index contributed by atoms with van der Waals surface area (Å²) >= 11 is 0. The second-order valence-electron chi connectivity index (χ2n) is 4.70. The molecule has 2 aromatic rings. The van der Waals surface area contributed by atoms with Crippen LogP contribution < -0.4 is 10.1 Å². The highest BCUT2D eigenvalue weighted by Gasteiger charge is 2.02. The number of carboxylic acids is 1. The molecule has 2 rings (SSSR count). The van der Waals surface area contributed by atoms with Crippen LogP contribution in [-0.4, -0.2) is 17.2 Å². The van der Waals surface area contributed by atoms with Gasteiger partial charge >= 0.3 is 5.97 Å². The lowest BCUT2D eigenvalue weighted by Gasteiger charge is -2.11. The monoisotopic (exact) mass is 271 g/mol. The fourth-order valence-corrected chi connectivity index (χ4v) is 1.75. The van der Waals surface area contributed by atoms with Gasteiger partial charge in [0.1, 0.15) is 5.75 Å². The second-order valence-corrected chi connectivity index (χ2v) is 4.70. The van der Waals surface area contributed by atoms with Gasteiger partial charge in [0.25, 0.3) is 0 Å². The van der Waals surface area contributed by atoms with Crippen molar-refractivity contribution in [1.29, 1.82) is 0 Å².